The number of rotatable bonds is 10. The molecule has 8 heteroatoms. The molecule has 0 aliphatic heterocycles. The number of carbonyl (C=O) groups is 3. The van der Waals surface area contributed by atoms with Crippen molar-refractivity contribution in [3.63, 3.8) is 0 Å². The first kappa shape index (κ1) is 36.4. The highest BCUT2D eigenvalue weighted by atomic mass is 16.4. The number of aliphatic hydroxyl groups is 3. The second-order valence-corrected chi connectivity index (χ2v) is 16.3. The van der Waals surface area contributed by atoms with Crippen LogP contribution in [0.5, 0.6) is 0 Å². The van der Waals surface area contributed by atoms with E-state index in [4.69, 9.17) is 0 Å². The molecule has 8 nitrogen and oxygen atoms in total. The van der Waals surface area contributed by atoms with Crippen molar-refractivity contribution in [3.8, 4) is 0 Å². The largest absolute Gasteiger partial charge is 0.478 e. The van der Waals surface area contributed by atoms with Gasteiger partial charge < -0.3 is 25.7 Å². The van der Waals surface area contributed by atoms with Crippen LogP contribution in [0.3, 0.4) is 0 Å². The van der Waals surface area contributed by atoms with Crippen molar-refractivity contribution in [2.75, 3.05) is 13.6 Å². The Morgan fingerprint density at radius 1 is 1.08 bits per heavy atom. The Bertz CT molecular complexity index is 1530. The summed E-state index contributed by atoms with van der Waals surface area (Å²) in [7, 11) is 1.74. The van der Waals surface area contributed by atoms with Gasteiger partial charge in [-0.05, 0) is 79.7 Å². The molecule has 0 spiro atoms. The third kappa shape index (κ3) is 5.66. The lowest BCUT2D eigenvalue weighted by Gasteiger charge is -2.63. The first-order valence-electron chi connectivity index (χ1n) is 17.6. The summed E-state index contributed by atoms with van der Waals surface area (Å²) in [6.45, 7) is 12.5. The third-order valence-corrected chi connectivity index (χ3v) is 13.4. The van der Waals surface area contributed by atoms with E-state index in [0.29, 0.717) is 37.0 Å². The van der Waals surface area contributed by atoms with Gasteiger partial charge in [-0.2, -0.15) is 0 Å². The van der Waals surface area contributed by atoms with Gasteiger partial charge in [-0.3, -0.25) is 9.59 Å². The predicted molar refractivity (Wildman–Crippen MR) is 186 cm³/mol. The van der Waals surface area contributed by atoms with E-state index >= 15 is 0 Å². The smallest absolute Gasteiger partial charge is 0.331 e. The molecule has 5 rings (SSSR count). The second kappa shape index (κ2) is 13.1. The molecule has 2 saturated carbocycles. The minimum atomic E-state index is -1.08. The molecule has 1 aromatic rings. The molecular formula is C40H55NO7. The number of hydrogen-bond donors (Lipinski definition) is 5. The van der Waals surface area contributed by atoms with Gasteiger partial charge in [0, 0.05) is 46.2 Å². The van der Waals surface area contributed by atoms with E-state index in [0.717, 1.165) is 5.56 Å². The summed E-state index contributed by atoms with van der Waals surface area (Å²) in [5.74, 6) is -2.08. The molecule has 0 aromatic heterocycles. The maximum Gasteiger partial charge on any atom is 0.331 e. The minimum absolute atomic E-state index is 0.0286. The lowest BCUT2D eigenvalue weighted by molar-refractivity contribution is -0.150. The summed E-state index contributed by atoms with van der Waals surface area (Å²) in [6, 6.07) is 9.84. The zero-order valence-corrected chi connectivity index (χ0v) is 29.6. The maximum absolute atomic E-state index is 14.6. The zero-order valence-electron chi connectivity index (χ0n) is 29.6. The van der Waals surface area contributed by atoms with Crippen molar-refractivity contribution in [1.29, 1.82) is 0 Å². The third-order valence-electron chi connectivity index (χ3n) is 13.4. The number of carbonyl (C=O) groups excluding carboxylic acids is 2. The fourth-order valence-electron chi connectivity index (χ4n) is 10.8. The summed E-state index contributed by atoms with van der Waals surface area (Å²) in [4.78, 5) is 39.9. The number of hydrogen-bond acceptors (Lipinski definition) is 7. The van der Waals surface area contributed by atoms with Gasteiger partial charge in [0.05, 0.1) is 18.3 Å². The van der Waals surface area contributed by atoms with Crippen LogP contribution in [0.25, 0.3) is 6.08 Å². The molecule has 0 saturated heterocycles. The maximum atomic E-state index is 14.6. The Hall–Kier alpha value is -2.91. The van der Waals surface area contributed by atoms with Gasteiger partial charge in [0.25, 0.3) is 0 Å². The molecule has 0 radical (unpaired) electrons. The summed E-state index contributed by atoms with van der Waals surface area (Å²) in [5, 5.41) is 48.3. The summed E-state index contributed by atoms with van der Waals surface area (Å²) < 4.78 is 0. The van der Waals surface area contributed by atoms with E-state index in [9.17, 15) is 34.8 Å². The quantitative estimate of drug-likeness (QED) is 0.211. The number of carboxylic acid groups (broad SMARTS) is 1. The van der Waals surface area contributed by atoms with E-state index in [-0.39, 0.29) is 54.2 Å². The van der Waals surface area contributed by atoms with Gasteiger partial charge in [0.1, 0.15) is 5.78 Å². The molecule has 262 valence electrons. The van der Waals surface area contributed by atoms with Gasteiger partial charge in [0.2, 0.25) is 0 Å². The number of allylic oxidation sites excluding steroid dienone is 1. The number of fused-ring (bicyclic) bond motifs is 4. The monoisotopic (exact) mass is 661 g/mol. The van der Waals surface area contributed by atoms with Gasteiger partial charge in [-0.1, -0.05) is 84.0 Å². The van der Waals surface area contributed by atoms with Crippen molar-refractivity contribution in [2.45, 2.75) is 98.4 Å². The van der Waals surface area contributed by atoms with E-state index in [1.807, 2.05) is 77.1 Å². The molecule has 10 unspecified atom stereocenters. The molecule has 4 aliphatic rings. The minimum Gasteiger partial charge on any atom is -0.478 e. The average Bonchev–Trinajstić information content (AvgIpc) is 3.23. The van der Waals surface area contributed by atoms with Gasteiger partial charge in [-0.25, -0.2) is 4.79 Å². The van der Waals surface area contributed by atoms with E-state index in [1.165, 1.54) is 6.08 Å². The highest BCUT2D eigenvalue weighted by Crippen LogP contribution is 2.72. The van der Waals surface area contributed by atoms with Crippen LogP contribution in [0.4, 0.5) is 0 Å². The first-order chi connectivity index (χ1) is 22.4. The Morgan fingerprint density at radius 3 is 2.38 bits per heavy atom. The predicted octanol–water partition coefficient (Wildman–Crippen LogP) is 5.37. The molecule has 4 aliphatic carbocycles. The molecule has 0 bridgehead atoms. The molecular weight excluding hydrogens is 606 g/mol. The highest BCUT2D eigenvalue weighted by molar-refractivity contribution is 6.01. The number of benzene rings is 1. The summed E-state index contributed by atoms with van der Waals surface area (Å²) in [6.07, 6.45) is 4.49. The molecule has 10 atom stereocenters. The van der Waals surface area contributed by atoms with Gasteiger partial charge >= 0.3 is 5.97 Å². The Labute approximate surface area is 285 Å². The molecule has 5 N–H and O–H groups in total. The Morgan fingerprint density at radius 2 is 1.75 bits per heavy atom. The average molecular weight is 662 g/mol. The van der Waals surface area contributed by atoms with Gasteiger partial charge in [0.15, 0.2) is 5.78 Å². The van der Waals surface area contributed by atoms with Crippen molar-refractivity contribution >= 4 is 23.6 Å². The van der Waals surface area contributed by atoms with Crippen molar-refractivity contribution < 1.29 is 34.8 Å². The summed E-state index contributed by atoms with van der Waals surface area (Å²) in [5.41, 5.74) is -0.780. The number of ketones is 2. The lowest BCUT2D eigenvalue weighted by atomic mass is 9.40. The number of Topliss-reactive ketones (excluding diaryl/α,β-unsaturated/α-hetero) is 2. The van der Waals surface area contributed by atoms with Gasteiger partial charge in [-0.15, -0.1) is 0 Å². The van der Waals surface area contributed by atoms with Crippen molar-refractivity contribution in [1.82, 2.24) is 5.32 Å². The normalized spacial score (nSPS) is 37.6. The van der Waals surface area contributed by atoms with Crippen molar-refractivity contribution in [2.24, 2.45) is 45.3 Å². The van der Waals surface area contributed by atoms with Crippen LogP contribution in [-0.4, -0.2) is 69.9 Å². The van der Waals surface area contributed by atoms with Crippen LogP contribution in [0.2, 0.25) is 0 Å². The second-order valence-electron chi connectivity index (χ2n) is 16.3. The molecule has 48 heavy (non-hydrogen) atoms. The SMILES string of the molecule is CNCCC(=CC(O)CC(C)C1CC(O)C2(C)C3=C(C(=O)CC12C)C1(C)CCC(=O)C(C)(C)C1C(C=Cc1ccccc1)C3O)C(=O)O. The molecule has 2 fully saturated rings. The topological polar surface area (TPSA) is 144 Å². The number of aliphatic hydroxyl groups excluding tert-OH is 3. The van der Waals surface area contributed by atoms with E-state index in [1.54, 1.807) is 7.05 Å². The fourth-order valence-corrected chi connectivity index (χ4v) is 10.8. The molecule has 0 heterocycles. The van der Waals surface area contributed by atoms with Crippen LogP contribution >= 0.6 is 0 Å². The zero-order chi connectivity index (χ0) is 35.4. The van der Waals surface area contributed by atoms with Crippen LogP contribution < -0.4 is 5.32 Å². The number of carboxylic acids is 1. The van der Waals surface area contributed by atoms with E-state index in [2.05, 4.69) is 12.2 Å². The molecule has 1 aromatic carbocycles. The van der Waals surface area contributed by atoms with Crippen molar-refractivity contribution in [3.05, 3.63) is 64.8 Å². The molecule has 0 amide bonds. The van der Waals surface area contributed by atoms with Crippen LogP contribution in [0, 0.1) is 45.3 Å². The van der Waals surface area contributed by atoms with Crippen LogP contribution in [0.15, 0.2) is 59.2 Å². The van der Waals surface area contributed by atoms with Crippen LogP contribution in [-0.2, 0) is 14.4 Å². The standard InChI is InChI=1S/C40H55NO7/c1-23(19-26(42)20-25(36(47)48)16-18-41-7)28-21-31(45)40(6)33-32(29(43)22-39(28,40)5)38(4)17-15-30(44)37(2,3)35(38)27(34(33)46)14-13-24-11-9-8-10-12-24/h8-14,20,23,26-28,31,34-35,41-42,45-46H,15-19,21-22H2,1-7H3,(H,47,48). The fraction of sp³-hybridized carbons (Fsp3) is 0.625. The van der Waals surface area contributed by atoms with Crippen LogP contribution in [0.1, 0.15) is 85.6 Å². The number of nitrogens with one attached hydrogen (secondary N) is 1. The first-order valence-corrected chi connectivity index (χ1v) is 17.6. The Kier molecular flexibility index (Phi) is 9.92. The van der Waals surface area contributed by atoms with E-state index < -0.39 is 51.9 Å². The Balaban J connectivity index is 1.58. The summed E-state index contributed by atoms with van der Waals surface area (Å²) >= 11 is 0. The highest BCUT2D eigenvalue weighted by Gasteiger charge is 2.71. The number of aliphatic carboxylic acids is 1. The lowest BCUT2D eigenvalue weighted by Crippen LogP contribution is -2.63.